The van der Waals surface area contributed by atoms with Crippen molar-refractivity contribution in [2.45, 2.75) is 46.0 Å². The van der Waals surface area contributed by atoms with Gasteiger partial charge in [0.2, 0.25) is 0 Å². The van der Waals surface area contributed by atoms with Crippen molar-refractivity contribution in [3.05, 3.63) is 64.8 Å². The molecule has 0 spiro atoms. The summed E-state index contributed by atoms with van der Waals surface area (Å²) in [6, 6.07) is 6.78. The summed E-state index contributed by atoms with van der Waals surface area (Å²) in [5.41, 5.74) is 7.73. The highest BCUT2D eigenvalue weighted by molar-refractivity contribution is 7.77. The number of nitrogens with one attached hydrogen (secondary N) is 2. The molecule has 1 fully saturated rings. The second-order valence-electron chi connectivity index (χ2n) is 9.77. The molecule has 6 heteroatoms. The number of rotatable bonds is 9. The number of aryl methyl sites for hydroxylation is 1. The van der Waals surface area contributed by atoms with Gasteiger partial charge in [0.15, 0.2) is 5.13 Å². The van der Waals surface area contributed by atoms with Crippen LogP contribution in [0.25, 0.3) is 5.70 Å². The van der Waals surface area contributed by atoms with Crippen molar-refractivity contribution < 1.29 is 0 Å². The van der Waals surface area contributed by atoms with E-state index in [4.69, 9.17) is 4.98 Å². The van der Waals surface area contributed by atoms with Gasteiger partial charge in [-0.2, -0.15) is 0 Å². The molecule has 2 aromatic rings. The third kappa shape index (κ3) is 5.73. The number of thiol groups is 1. The number of allylic oxidation sites excluding steroid dienone is 1. The highest BCUT2D eigenvalue weighted by Crippen LogP contribution is 2.38. The van der Waals surface area contributed by atoms with Crippen LogP contribution in [0.5, 0.6) is 0 Å². The molecule has 1 aliphatic carbocycles. The Bertz CT molecular complexity index is 962. The van der Waals surface area contributed by atoms with Crippen LogP contribution in [0.3, 0.4) is 0 Å². The molecule has 0 amide bonds. The molecule has 1 atom stereocenters. The lowest BCUT2D eigenvalue weighted by molar-refractivity contribution is 0.392. The Hall–Kier alpha value is -1.76. The summed E-state index contributed by atoms with van der Waals surface area (Å²) in [6.45, 7) is 16.1. The number of benzene rings is 1. The third-order valence-electron chi connectivity index (χ3n) is 6.36. The van der Waals surface area contributed by atoms with E-state index in [1.165, 1.54) is 30.4 Å². The molecule has 1 aromatic carbocycles. The SMILES string of the molecule is C=C(CCc1cccc2c1CC(C)(C)C2)Nc1nc(C(=C)NCC2CCN(S)C2)cs1. The highest BCUT2D eigenvalue weighted by atomic mass is 32.1. The summed E-state index contributed by atoms with van der Waals surface area (Å²) in [5.74, 6) is 0.621. The van der Waals surface area contributed by atoms with E-state index in [0.29, 0.717) is 11.3 Å². The first-order valence-corrected chi connectivity index (χ1v) is 12.4. The Labute approximate surface area is 196 Å². The Morgan fingerprint density at radius 1 is 1.32 bits per heavy atom. The van der Waals surface area contributed by atoms with Crippen LogP contribution in [0.2, 0.25) is 0 Å². The zero-order chi connectivity index (χ0) is 22.0. The maximum absolute atomic E-state index is 4.70. The number of anilines is 1. The highest BCUT2D eigenvalue weighted by Gasteiger charge is 2.29. The zero-order valence-electron chi connectivity index (χ0n) is 18.7. The van der Waals surface area contributed by atoms with Gasteiger partial charge in [-0.15, -0.1) is 11.3 Å². The minimum atomic E-state index is 0.380. The van der Waals surface area contributed by atoms with E-state index in [1.807, 2.05) is 0 Å². The van der Waals surface area contributed by atoms with Gasteiger partial charge in [0.25, 0.3) is 0 Å². The quantitative estimate of drug-likeness (QED) is 0.434. The smallest absolute Gasteiger partial charge is 0.187 e. The summed E-state index contributed by atoms with van der Waals surface area (Å²) in [4.78, 5) is 4.70. The van der Waals surface area contributed by atoms with Crippen LogP contribution < -0.4 is 10.6 Å². The predicted molar refractivity (Wildman–Crippen MR) is 137 cm³/mol. The van der Waals surface area contributed by atoms with Gasteiger partial charge < -0.3 is 10.6 Å². The Morgan fingerprint density at radius 3 is 2.94 bits per heavy atom. The van der Waals surface area contributed by atoms with Crippen molar-refractivity contribution in [2.24, 2.45) is 11.3 Å². The van der Waals surface area contributed by atoms with Gasteiger partial charge in [0.05, 0.1) is 11.4 Å². The van der Waals surface area contributed by atoms with Crippen molar-refractivity contribution in [2.75, 3.05) is 25.0 Å². The molecule has 31 heavy (non-hydrogen) atoms. The number of thiazole rings is 1. The average Bonchev–Trinajstić information content (AvgIpc) is 3.42. The van der Waals surface area contributed by atoms with Gasteiger partial charge in [0, 0.05) is 30.7 Å². The van der Waals surface area contributed by atoms with Crippen molar-refractivity contribution in [1.82, 2.24) is 14.6 Å². The summed E-state index contributed by atoms with van der Waals surface area (Å²) < 4.78 is 2.08. The summed E-state index contributed by atoms with van der Waals surface area (Å²) in [7, 11) is 0. The second-order valence-corrected chi connectivity index (χ2v) is 11.2. The number of nitrogens with zero attached hydrogens (tertiary/aromatic N) is 2. The molecule has 2 N–H and O–H groups in total. The Morgan fingerprint density at radius 2 is 2.16 bits per heavy atom. The molecule has 4 nitrogen and oxygen atoms in total. The predicted octanol–water partition coefficient (Wildman–Crippen LogP) is 5.55. The van der Waals surface area contributed by atoms with Crippen molar-refractivity contribution >= 4 is 35.0 Å². The van der Waals surface area contributed by atoms with Crippen LogP contribution in [0, 0.1) is 11.3 Å². The normalized spacial score (nSPS) is 19.9. The molecule has 2 heterocycles. The molecule has 2 aliphatic rings. The maximum Gasteiger partial charge on any atom is 0.187 e. The van der Waals surface area contributed by atoms with Crippen molar-refractivity contribution in [1.29, 1.82) is 0 Å². The molecule has 0 bridgehead atoms. The molecular weight excluding hydrogens is 420 g/mol. The molecule has 1 saturated heterocycles. The number of fused-ring (bicyclic) bond motifs is 1. The van der Waals surface area contributed by atoms with E-state index in [9.17, 15) is 0 Å². The van der Waals surface area contributed by atoms with Crippen LogP contribution in [0.4, 0.5) is 5.13 Å². The second kappa shape index (κ2) is 9.39. The maximum atomic E-state index is 4.70. The lowest BCUT2D eigenvalue weighted by Crippen LogP contribution is -2.22. The molecule has 0 radical (unpaired) electrons. The first kappa shape index (κ1) is 22.4. The fourth-order valence-electron chi connectivity index (χ4n) is 4.68. The fraction of sp³-hybridized carbons (Fsp3) is 0.480. The number of aromatic nitrogens is 1. The molecule has 1 aliphatic heterocycles. The lowest BCUT2D eigenvalue weighted by Gasteiger charge is -2.15. The van der Waals surface area contributed by atoms with E-state index in [-0.39, 0.29) is 0 Å². The van der Waals surface area contributed by atoms with E-state index < -0.39 is 0 Å². The first-order valence-electron chi connectivity index (χ1n) is 11.2. The number of hydrogen-bond donors (Lipinski definition) is 3. The van der Waals surface area contributed by atoms with Crippen LogP contribution in [-0.2, 0) is 19.3 Å². The van der Waals surface area contributed by atoms with Gasteiger partial charge in [-0.1, -0.05) is 58.0 Å². The summed E-state index contributed by atoms with van der Waals surface area (Å²) in [6.07, 6.45) is 5.46. The van der Waals surface area contributed by atoms with E-state index in [2.05, 4.69) is 78.3 Å². The van der Waals surface area contributed by atoms with E-state index >= 15 is 0 Å². The van der Waals surface area contributed by atoms with Crippen LogP contribution in [0.1, 0.15) is 49.1 Å². The van der Waals surface area contributed by atoms with Crippen LogP contribution in [0.15, 0.2) is 42.4 Å². The summed E-state index contributed by atoms with van der Waals surface area (Å²) in [5, 5.41) is 9.78. The Balaban J connectivity index is 1.26. The van der Waals surface area contributed by atoms with Crippen molar-refractivity contribution in [3.63, 3.8) is 0 Å². The standard InChI is InChI=1S/C25H34N4S2/c1-17(8-9-20-6-5-7-21-12-25(3,4)13-22(20)21)27-24-28-23(16-31-24)18(2)26-14-19-10-11-29(30)15-19/h5-7,16,19,26,30H,1-2,8-15H2,3-4H3,(H,27,28). The van der Waals surface area contributed by atoms with Gasteiger partial charge in [-0.3, -0.25) is 4.31 Å². The summed E-state index contributed by atoms with van der Waals surface area (Å²) >= 11 is 6.03. The minimum Gasteiger partial charge on any atom is -0.383 e. The lowest BCUT2D eigenvalue weighted by atomic mass is 9.89. The zero-order valence-corrected chi connectivity index (χ0v) is 20.4. The van der Waals surface area contributed by atoms with Gasteiger partial charge in [-0.05, 0) is 60.1 Å². The van der Waals surface area contributed by atoms with E-state index in [0.717, 1.165) is 54.7 Å². The molecule has 166 valence electrons. The van der Waals surface area contributed by atoms with Gasteiger partial charge >= 0.3 is 0 Å². The van der Waals surface area contributed by atoms with E-state index in [1.54, 1.807) is 16.9 Å². The largest absolute Gasteiger partial charge is 0.383 e. The molecular formula is C25H34N4S2. The first-order chi connectivity index (χ1) is 14.8. The van der Waals surface area contributed by atoms with Gasteiger partial charge in [-0.25, -0.2) is 4.98 Å². The molecule has 1 aromatic heterocycles. The molecule has 0 saturated carbocycles. The van der Waals surface area contributed by atoms with Crippen LogP contribution in [-0.4, -0.2) is 28.9 Å². The minimum absolute atomic E-state index is 0.380. The third-order valence-corrected chi connectivity index (χ3v) is 7.48. The Kier molecular flexibility index (Phi) is 6.80. The van der Waals surface area contributed by atoms with Crippen molar-refractivity contribution in [3.8, 4) is 0 Å². The monoisotopic (exact) mass is 454 g/mol. The fourth-order valence-corrected chi connectivity index (χ4v) is 5.80. The molecule has 1 unspecified atom stereocenters. The average molecular weight is 455 g/mol. The van der Waals surface area contributed by atoms with Crippen LogP contribution >= 0.6 is 24.2 Å². The van der Waals surface area contributed by atoms with Gasteiger partial charge in [0.1, 0.15) is 0 Å². The topological polar surface area (TPSA) is 40.2 Å². The number of hydrogen-bond acceptors (Lipinski definition) is 6. The molecule has 4 rings (SSSR count).